The topological polar surface area (TPSA) is 43.1 Å². The predicted molar refractivity (Wildman–Crippen MR) is 26.5 cm³/mol. The van der Waals surface area contributed by atoms with E-state index in [4.69, 9.17) is 0 Å². The quantitative estimate of drug-likeness (QED) is 0.330. The molecule has 0 saturated heterocycles. The monoisotopic (exact) mass is 95.0 g/mol. The molecule has 6 heavy (non-hydrogen) atoms. The molecule has 0 bridgehead atoms. The number of hydrogen-bond donors (Lipinski definition) is 1. The third-order valence-corrected chi connectivity index (χ3v) is 0.201. The Hall–Kier alpha value is 0.210. The van der Waals surface area contributed by atoms with E-state index in [0.717, 1.165) is 6.08 Å². The number of nitrogens with two attached hydrogens (primary N) is 1. The Morgan fingerprint density at radius 3 is 2.00 bits per heavy atom. The Balaban J connectivity index is 0. The van der Waals surface area contributed by atoms with Gasteiger partial charge in [-0.15, -0.1) is 0 Å². The van der Waals surface area contributed by atoms with Crippen LogP contribution in [0.3, 0.4) is 0 Å². The van der Waals surface area contributed by atoms with Gasteiger partial charge in [0, 0.05) is 0 Å². The van der Waals surface area contributed by atoms with Gasteiger partial charge in [-0.2, -0.15) is 0 Å². The molecule has 2 nitrogen and oxygen atoms in total. The summed E-state index contributed by atoms with van der Waals surface area (Å²) in [7, 11) is 0. The molecule has 0 aliphatic rings. The van der Waals surface area contributed by atoms with Crippen molar-refractivity contribution in [3.8, 4) is 0 Å². The first-order chi connectivity index (χ1) is 2.27. The van der Waals surface area contributed by atoms with Crippen molar-refractivity contribution in [2.24, 2.45) is 5.73 Å². The molecule has 0 radical (unpaired) electrons. The van der Waals surface area contributed by atoms with Crippen molar-refractivity contribution in [3.63, 3.8) is 0 Å². The zero-order valence-electron chi connectivity index (χ0n) is 2.77. The second-order valence-corrected chi connectivity index (χ2v) is 0.606. The number of carbonyl (C=O) groups is 1. The first-order valence-electron chi connectivity index (χ1n) is 1.19. The summed E-state index contributed by atoms with van der Waals surface area (Å²) in [5.74, 6) is -0.481. The van der Waals surface area contributed by atoms with Gasteiger partial charge in [0.1, 0.15) is 0 Å². The van der Waals surface area contributed by atoms with Gasteiger partial charge in [-0.1, -0.05) is 6.58 Å². The van der Waals surface area contributed by atoms with Crippen LogP contribution in [0.1, 0.15) is 0 Å². The van der Waals surface area contributed by atoms with E-state index in [1.807, 2.05) is 0 Å². The van der Waals surface area contributed by atoms with Gasteiger partial charge < -0.3 is 5.73 Å². The first kappa shape index (κ1) is 9.51. The summed E-state index contributed by atoms with van der Waals surface area (Å²) in [6.07, 6.45) is 1.06. The van der Waals surface area contributed by atoms with Gasteiger partial charge >= 0.3 is 29.6 Å². The van der Waals surface area contributed by atoms with Crippen molar-refractivity contribution in [2.45, 2.75) is 0 Å². The fourth-order valence-corrected chi connectivity index (χ4v) is 0. The molecule has 0 atom stereocenters. The Morgan fingerprint density at radius 2 is 2.00 bits per heavy atom. The number of hydrogen-bond acceptors (Lipinski definition) is 1. The molecule has 0 unspecified atom stereocenters. The van der Waals surface area contributed by atoms with Crippen molar-refractivity contribution in [1.29, 1.82) is 0 Å². The van der Waals surface area contributed by atoms with E-state index in [1.165, 1.54) is 0 Å². The van der Waals surface area contributed by atoms with Crippen LogP contribution in [0.5, 0.6) is 0 Å². The fourth-order valence-electron chi connectivity index (χ4n) is 0. The molecule has 0 rings (SSSR count). The zero-order valence-corrected chi connectivity index (χ0v) is 2.77. The maximum atomic E-state index is 9.47. The third kappa shape index (κ3) is 8.88. The van der Waals surface area contributed by atoms with Crippen LogP contribution in [0.2, 0.25) is 0 Å². The minimum absolute atomic E-state index is 0. The molecule has 1 amide bonds. The minimum atomic E-state index is -0.481. The SMILES string of the molecule is C=CC(N)=O.[NaH]. The van der Waals surface area contributed by atoms with Gasteiger partial charge in [-0.3, -0.25) is 4.79 Å². The number of carbonyl (C=O) groups excluding carboxylic acids is 1. The van der Waals surface area contributed by atoms with Crippen molar-refractivity contribution in [3.05, 3.63) is 12.7 Å². The Kier molecular flexibility index (Phi) is 8.26. The summed E-state index contributed by atoms with van der Waals surface area (Å²) < 4.78 is 0. The van der Waals surface area contributed by atoms with E-state index >= 15 is 0 Å². The molecule has 0 spiro atoms. The van der Waals surface area contributed by atoms with E-state index < -0.39 is 5.91 Å². The molecule has 0 aromatic carbocycles. The molecule has 0 aliphatic heterocycles. The van der Waals surface area contributed by atoms with Crippen LogP contribution in [-0.2, 0) is 4.79 Å². The van der Waals surface area contributed by atoms with Crippen molar-refractivity contribution in [1.82, 2.24) is 0 Å². The summed E-state index contributed by atoms with van der Waals surface area (Å²) in [6.45, 7) is 3.09. The molecular weight excluding hydrogens is 89.0 g/mol. The average molecular weight is 95.1 g/mol. The molecule has 0 aromatic heterocycles. The van der Waals surface area contributed by atoms with E-state index in [-0.39, 0.29) is 29.6 Å². The molecule has 0 aromatic rings. The summed E-state index contributed by atoms with van der Waals surface area (Å²) in [6, 6.07) is 0. The average Bonchev–Trinajstić information content (AvgIpc) is 1.38. The van der Waals surface area contributed by atoms with Gasteiger partial charge in [-0.25, -0.2) is 0 Å². The molecule has 0 heterocycles. The molecule has 0 saturated carbocycles. The van der Waals surface area contributed by atoms with E-state index in [1.54, 1.807) is 0 Å². The van der Waals surface area contributed by atoms with Crippen LogP contribution in [-0.4, -0.2) is 35.5 Å². The second kappa shape index (κ2) is 5.21. The molecule has 3 heteroatoms. The molecule has 0 fully saturated rings. The fraction of sp³-hybridized carbons (Fsp3) is 0. The van der Waals surface area contributed by atoms with E-state index in [0.29, 0.717) is 0 Å². The van der Waals surface area contributed by atoms with Gasteiger partial charge in [-0.05, 0) is 6.08 Å². The van der Waals surface area contributed by atoms with E-state index in [2.05, 4.69) is 12.3 Å². The van der Waals surface area contributed by atoms with Gasteiger partial charge in [0.15, 0.2) is 0 Å². The van der Waals surface area contributed by atoms with E-state index in [9.17, 15) is 4.79 Å². The number of amides is 1. The Morgan fingerprint density at radius 1 is 1.83 bits per heavy atom. The summed E-state index contributed by atoms with van der Waals surface area (Å²) in [5.41, 5.74) is 4.53. The molecule has 2 N–H and O–H groups in total. The van der Waals surface area contributed by atoms with Gasteiger partial charge in [0.25, 0.3) is 0 Å². The molecular formula is C3H6NNaO. The van der Waals surface area contributed by atoms with Crippen LogP contribution >= 0.6 is 0 Å². The van der Waals surface area contributed by atoms with Crippen LogP contribution in [0.4, 0.5) is 0 Å². The Bertz CT molecular complexity index is 61.8. The first-order valence-corrected chi connectivity index (χ1v) is 1.19. The van der Waals surface area contributed by atoms with Crippen LogP contribution < -0.4 is 5.73 Å². The standard InChI is InChI=1S/C3H5NO.Na.H/c1-2-3(4)5;;/h2H,1H2,(H2,4,5);;. The van der Waals surface area contributed by atoms with Gasteiger partial charge in [0.2, 0.25) is 5.91 Å². The molecule has 30 valence electrons. The number of rotatable bonds is 1. The van der Waals surface area contributed by atoms with Crippen LogP contribution in [0, 0.1) is 0 Å². The van der Waals surface area contributed by atoms with Crippen LogP contribution in [0.15, 0.2) is 12.7 Å². The van der Waals surface area contributed by atoms with Crippen LogP contribution in [0.25, 0.3) is 0 Å². The second-order valence-electron chi connectivity index (χ2n) is 0.606. The zero-order chi connectivity index (χ0) is 4.28. The summed E-state index contributed by atoms with van der Waals surface area (Å²) in [4.78, 5) is 9.47. The summed E-state index contributed by atoms with van der Waals surface area (Å²) >= 11 is 0. The molecule has 0 aliphatic carbocycles. The Labute approximate surface area is 58.7 Å². The summed E-state index contributed by atoms with van der Waals surface area (Å²) in [5, 5.41) is 0. The normalized spacial score (nSPS) is 5.33. The van der Waals surface area contributed by atoms with Crippen molar-refractivity contribution in [2.75, 3.05) is 0 Å². The maximum absolute atomic E-state index is 9.47. The number of primary amides is 1. The third-order valence-electron chi connectivity index (χ3n) is 0.201. The van der Waals surface area contributed by atoms with Crippen molar-refractivity contribution >= 4 is 35.5 Å². The van der Waals surface area contributed by atoms with Crippen molar-refractivity contribution < 1.29 is 4.79 Å². The predicted octanol–water partition coefficient (Wildman–Crippen LogP) is -0.991. The van der Waals surface area contributed by atoms with Gasteiger partial charge in [0.05, 0.1) is 0 Å².